The van der Waals surface area contributed by atoms with Crippen molar-refractivity contribution in [3.05, 3.63) is 108 Å². The second kappa shape index (κ2) is 13.9. The van der Waals surface area contributed by atoms with Gasteiger partial charge in [-0.25, -0.2) is 0 Å². The van der Waals surface area contributed by atoms with Crippen LogP contribution in [0.3, 0.4) is 0 Å². The van der Waals surface area contributed by atoms with Crippen LogP contribution in [0.2, 0.25) is 0 Å². The number of halogens is 7. The Bertz CT molecular complexity index is 1630. The highest BCUT2D eigenvalue weighted by atomic mass is 19.4. The standard InChI is InChI=1S/C34H30F7NO4/c35-32(36)34(40,41)46-30-13-3-6-22(16-30)20-42(21-31(43)33(37,38)39)25-9-4-10-26(18-25)44-27-11-5-12-28(19-27)45-29-15-14-23-7-1-2-8-24(23)17-29/h3-6,9-19,31-32,43H,1-2,7-8,20-21H2. The fourth-order valence-electron chi connectivity index (χ4n) is 5.09. The monoisotopic (exact) mass is 649 g/mol. The van der Waals surface area contributed by atoms with Gasteiger partial charge in [0, 0.05) is 24.4 Å². The molecule has 0 amide bonds. The van der Waals surface area contributed by atoms with Gasteiger partial charge in [-0.1, -0.05) is 30.3 Å². The predicted molar refractivity (Wildman–Crippen MR) is 157 cm³/mol. The lowest BCUT2D eigenvalue weighted by molar-refractivity contribution is -0.253. The summed E-state index contributed by atoms with van der Waals surface area (Å²) in [4.78, 5) is 1.16. The predicted octanol–water partition coefficient (Wildman–Crippen LogP) is 9.32. The number of benzene rings is 4. The number of nitrogens with zero attached hydrogens (tertiary/aromatic N) is 1. The van der Waals surface area contributed by atoms with Crippen molar-refractivity contribution in [1.82, 2.24) is 0 Å². The summed E-state index contributed by atoms with van der Waals surface area (Å²) in [5.41, 5.74) is 2.95. The van der Waals surface area contributed by atoms with Crippen LogP contribution in [0, 0.1) is 0 Å². The van der Waals surface area contributed by atoms with Gasteiger partial charge in [0.1, 0.15) is 28.7 Å². The molecule has 0 bridgehead atoms. The van der Waals surface area contributed by atoms with Crippen LogP contribution >= 0.6 is 0 Å². The van der Waals surface area contributed by atoms with E-state index in [4.69, 9.17) is 9.47 Å². The van der Waals surface area contributed by atoms with Crippen molar-refractivity contribution in [3.8, 4) is 28.7 Å². The van der Waals surface area contributed by atoms with Gasteiger partial charge in [-0.15, -0.1) is 0 Å². The van der Waals surface area contributed by atoms with E-state index in [1.54, 1.807) is 30.3 Å². The minimum Gasteiger partial charge on any atom is -0.457 e. The van der Waals surface area contributed by atoms with Crippen LogP contribution in [0.25, 0.3) is 0 Å². The van der Waals surface area contributed by atoms with Crippen molar-refractivity contribution in [2.24, 2.45) is 0 Å². The van der Waals surface area contributed by atoms with Crippen LogP contribution < -0.4 is 19.1 Å². The molecule has 1 N–H and O–H groups in total. The first kappa shape index (κ1) is 32.9. The quantitative estimate of drug-likeness (QED) is 0.155. The average molecular weight is 650 g/mol. The van der Waals surface area contributed by atoms with Crippen LogP contribution in [0.4, 0.5) is 36.4 Å². The Balaban J connectivity index is 1.34. The molecule has 0 heterocycles. The summed E-state index contributed by atoms with van der Waals surface area (Å²) in [5.74, 6) is 1.24. The molecule has 12 heteroatoms. The fraction of sp³-hybridized carbons (Fsp3) is 0.294. The van der Waals surface area contributed by atoms with Crippen molar-refractivity contribution < 1.29 is 50.1 Å². The molecule has 5 nitrogen and oxygen atoms in total. The molecule has 0 aromatic heterocycles. The molecule has 0 spiro atoms. The first-order chi connectivity index (χ1) is 21.9. The van der Waals surface area contributed by atoms with Gasteiger partial charge in [0.2, 0.25) is 0 Å². The fourth-order valence-corrected chi connectivity index (χ4v) is 5.09. The number of ether oxygens (including phenoxy) is 3. The molecule has 0 fully saturated rings. The highest BCUT2D eigenvalue weighted by Crippen LogP contribution is 2.34. The third-order valence-electron chi connectivity index (χ3n) is 7.33. The Kier molecular flexibility index (Phi) is 9.95. The summed E-state index contributed by atoms with van der Waals surface area (Å²) >= 11 is 0. The van der Waals surface area contributed by atoms with Gasteiger partial charge in [-0.05, 0) is 90.9 Å². The van der Waals surface area contributed by atoms with Gasteiger partial charge >= 0.3 is 18.7 Å². The molecule has 1 atom stereocenters. The van der Waals surface area contributed by atoms with E-state index in [1.165, 1.54) is 47.9 Å². The molecule has 1 aliphatic carbocycles. The number of anilines is 1. The number of alkyl halides is 7. The van der Waals surface area contributed by atoms with E-state index >= 15 is 0 Å². The molecule has 4 aromatic carbocycles. The first-order valence-electron chi connectivity index (χ1n) is 14.5. The van der Waals surface area contributed by atoms with Crippen molar-refractivity contribution >= 4 is 5.69 Å². The summed E-state index contributed by atoms with van der Waals surface area (Å²) in [6.07, 6.45) is -12.2. The highest BCUT2D eigenvalue weighted by Gasteiger charge is 2.44. The molecule has 244 valence electrons. The third kappa shape index (κ3) is 8.63. The number of hydrogen-bond donors (Lipinski definition) is 1. The number of aryl methyl sites for hydroxylation is 2. The Morgan fingerprint density at radius 3 is 1.93 bits per heavy atom. The molecule has 4 aromatic rings. The van der Waals surface area contributed by atoms with Crippen LogP contribution in [-0.2, 0) is 19.4 Å². The van der Waals surface area contributed by atoms with E-state index < -0.39 is 37.1 Å². The van der Waals surface area contributed by atoms with Gasteiger partial charge in [0.05, 0.1) is 6.54 Å². The molecule has 0 radical (unpaired) electrons. The van der Waals surface area contributed by atoms with E-state index in [0.29, 0.717) is 17.2 Å². The van der Waals surface area contributed by atoms with Crippen LogP contribution in [0.5, 0.6) is 28.7 Å². The average Bonchev–Trinajstić information content (AvgIpc) is 3.00. The maximum atomic E-state index is 13.5. The van der Waals surface area contributed by atoms with E-state index in [0.717, 1.165) is 36.3 Å². The lowest BCUT2D eigenvalue weighted by Gasteiger charge is -2.29. The van der Waals surface area contributed by atoms with Gasteiger partial charge in [-0.3, -0.25) is 0 Å². The molecule has 1 unspecified atom stereocenters. The number of aliphatic hydroxyl groups excluding tert-OH is 1. The number of aliphatic hydroxyl groups is 1. The van der Waals surface area contributed by atoms with Crippen LogP contribution in [0.15, 0.2) is 91.0 Å². The Morgan fingerprint density at radius 2 is 1.26 bits per heavy atom. The number of hydrogen-bond acceptors (Lipinski definition) is 5. The summed E-state index contributed by atoms with van der Waals surface area (Å²) in [7, 11) is 0. The largest absolute Gasteiger partial charge is 0.461 e. The summed E-state index contributed by atoms with van der Waals surface area (Å²) < 4.78 is 108. The van der Waals surface area contributed by atoms with Crippen molar-refractivity contribution in [2.75, 3.05) is 11.4 Å². The van der Waals surface area contributed by atoms with Gasteiger partial charge in [-0.2, -0.15) is 30.7 Å². The number of rotatable bonds is 12. The van der Waals surface area contributed by atoms with E-state index in [9.17, 15) is 35.8 Å². The van der Waals surface area contributed by atoms with Crippen LogP contribution in [-0.4, -0.2) is 36.5 Å². The SMILES string of the molecule is OC(CN(Cc1cccc(OC(F)(F)C(F)F)c1)c1cccc(Oc2cccc(Oc3ccc4c(c3)CCCC4)c2)c1)C(F)(F)F. The Morgan fingerprint density at radius 1 is 0.674 bits per heavy atom. The van der Waals surface area contributed by atoms with Crippen molar-refractivity contribution in [3.63, 3.8) is 0 Å². The van der Waals surface area contributed by atoms with Crippen molar-refractivity contribution in [1.29, 1.82) is 0 Å². The summed E-state index contributed by atoms with van der Waals surface area (Å²) in [5, 5.41) is 9.87. The third-order valence-corrected chi connectivity index (χ3v) is 7.33. The second-order valence-corrected chi connectivity index (χ2v) is 10.9. The molecular formula is C34H30F7NO4. The zero-order valence-electron chi connectivity index (χ0n) is 24.3. The molecule has 46 heavy (non-hydrogen) atoms. The zero-order valence-corrected chi connectivity index (χ0v) is 24.3. The maximum Gasteiger partial charge on any atom is 0.461 e. The molecule has 0 saturated carbocycles. The lowest BCUT2D eigenvalue weighted by Crippen LogP contribution is -2.40. The van der Waals surface area contributed by atoms with Gasteiger partial charge < -0.3 is 24.2 Å². The number of fused-ring (bicyclic) bond motifs is 1. The van der Waals surface area contributed by atoms with Crippen molar-refractivity contribution in [2.45, 2.75) is 57.0 Å². The summed E-state index contributed by atoms with van der Waals surface area (Å²) in [6, 6.07) is 23.6. The topological polar surface area (TPSA) is 51.2 Å². The van der Waals surface area contributed by atoms with Gasteiger partial charge in [0.15, 0.2) is 6.10 Å². The lowest BCUT2D eigenvalue weighted by atomic mass is 9.92. The molecular weight excluding hydrogens is 619 g/mol. The smallest absolute Gasteiger partial charge is 0.457 e. The molecule has 0 saturated heterocycles. The maximum absolute atomic E-state index is 13.5. The Labute approximate surface area is 260 Å². The van der Waals surface area contributed by atoms with E-state index in [1.807, 2.05) is 12.1 Å². The normalized spacial score (nSPS) is 14.0. The second-order valence-electron chi connectivity index (χ2n) is 10.9. The zero-order chi connectivity index (χ0) is 32.9. The molecule has 1 aliphatic rings. The first-order valence-corrected chi connectivity index (χ1v) is 14.5. The minimum atomic E-state index is -4.95. The molecule has 0 aliphatic heterocycles. The van der Waals surface area contributed by atoms with Gasteiger partial charge in [0.25, 0.3) is 0 Å². The molecule has 5 rings (SSSR count). The van der Waals surface area contributed by atoms with Crippen LogP contribution in [0.1, 0.15) is 29.5 Å². The van der Waals surface area contributed by atoms with E-state index in [-0.39, 0.29) is 23.5 Å². The summed E-state index contributed by atoms with van der Waals surface area (Å²) in [6.45, 7) is -1.24. The van der Waals surface area contributed by atoms with E-state index in [2.05, 4.69) is 10.8 Å². The Hall–Kier alpha value is -4.45. The highest BCUT2D eigenvalue weighted by molar-refractivity contribution is 5.53. The minimum absolute atomic E-state index is 0.162.